The van der Waals surface area contributed by atoms with Gasteiger partial charge in [-0.3, -0.25) is 14.2 Å². The van der Waals surface area contributed by atoms with E-state index >= 15 is 0 Å². The third kappa shape index (κ3) is 4.86. The molecule has 0 fully saturated rings. The summed E-state index contributed by atoms with van der Waals surface area (Å²) in [5, 5.41) is 1.41. The molecule has 0 atom stereocenters. The van der Waals surface area contributed by atoms with Crippen LogP contribution in [0.1, 0.15) is 43.0 Å². The van der Waals surface area contributed by atoms with Crippen LogP contribution in [0.4, 0.5) is 0 Å². The van der Waals surface area contributed by atoms with Crippen molar-refractivity contribution in [1.82, 2.24) is 9.55 Å². The number of nitrogens with zero attached hydrogens (tertiary/aromatic N) is 2. The molecule has 4 nitrogen and oxygen atoms in total. The summed E-state index contributed by atoms with van der Waals surface area (Å²) in [5.41, 5.74) is 1.52. The van der Waals surface area contributed by atoms with Crippen LogP contribution in [0.15, 0.2) is 64.5 Å². The molecular weight excluding hydrogens is 356 g/mol. The first-order valence-corrected chi connectivity index (χ1v) is 10.4. The first kappa shape index (κ1) is 19.4. The maximum Gasteiger partial charge on any atom is 0.262 e. The molecule has 27 heavy (non-hydrogen) atoms. The monoisotopic (exact) mass is 380 g/mol. The van der Waals surface area contributed by atoms with Crippen LogP contribution in [-0.4, -0.2) is 21.1 Å². The van der Waals surface area contributed by atoms with Gasteiger partial charge in [0.25, 0.3) is 5.56 Å². The van der Waals surface area contributed by atoms with Crippen molar-refractivity contribution in [3.05, 3.63) is 70.5 Å². The fourth-order valence-electron chi connectivity index (χ4n) is 2.94. The second-order valence-corrected chi connectivity index (χ2v) is 7.53. The Kier molecular flexibility index (Phi) is 6.82. The Morgan fingerprint density at radius 3 is 2.56 bits per heavy atom. The molecule has 1 heterocycles. The summed E-state index contributed by atoms with van der Waals surface area (Å²) in [4.78, 5) is 29.8. The minimum atomic E-state index is 0.0249. The number of Topliss-reactive ketones (excluding diaryl/α,β-unsaturated/α-hetero) is 1. The van der Waals surface area contributed by atoms with Gasteiger partial charge in [0, 0.05) is 24.3 Å². The largest absolute Gasteiger partial charge is 0.294 e. The van der Waals surface area contributed by atoms with Crippen LogP contribution in [0.5, 0.6) is 0 Å². The smallest absolute Gasteiger partial charge is 0.262 e. The number of para-hydroxylation sites is 1. The second kappa shape index (κ2) is 9.51. The quantitative estimate of drug-likeness (QED) is 0.228. The van der Waals surface area contributed by atoms with E-state index < -0.39 is 0 Å². The lowest BCUT2D eigenvalue weighted by atomic mass is 10.1. The van der Waals surface area contributed by atoms with Gasteiger partial charge in [-0.15, -0.1) is 0 Å². The van der Waals surface area contributed by atoms with Crippen molar-refractivity contribution < 1.29 is 4.79 Å². The highest BCUT2D eigenvalue weighted by Crippen LogP contribution is 2.20. The van der Waals surface area contributed by atoms with Crippen molar-refractivity contribution in [3.63, 3.8) is 0 Å². The summed E-state index contributed by atoms with van der Waals surface area (Å²) in [6.07, 6.45) is 3.23. The maximum atomic E-state index is 12.8. The number of hydrogen-bond donors (Lipinski definition) is 0. The fourth-order valence-corrected chi connectivity index (χ4v) is 3.90. The molecule has 0 radical (unpaired) electrons. The molecule has 3 rings (SSSR count). The van der Waals surface area contributed by atoms with E-state index in [-0.39, 0.29) is 11.3 Å². The van der Waals surface area contributed by atoms with Crippen molar-refractivity contribution in [2.75, 3.05) is 5.75 Å². The van der Waals surface area contributed by atoms with Gasteiger partial charge in [0.2, 0.25) is 0 Å². The van der Waals surface area contributed by atoms with Crippen LogP contribution >= 0.6 is 11.8 Å². The lowest BCUT2D eigenvalue weighted by Gasteiger charge is -2.12. The number of unbranched alkanes of at least 4 members (excludes halogenated alkanes) is 1. The van der Waals surface area contributed by atoms with Crippen molar-refractivity contribution in [2.45, 2.75) is 44.3 Å². The average Bonchev–Trinajstić information content (AvgIpc) is 2.71. The molecule has 0 aliphatic carbocycles. The zero-order valence-corrected chi connectivity index (χ0v) is 16.4. The van der Waals surface area contributed by atoms with Gasteiger partial charge in [-0.2, -0.15) is 0 Å². The summed E-state index contributed by atoms with van der Waals surface area (Å²) in [6, 6.07) is 16.9. The molecular formula is C22H24N2O2S. The fraction of sp³-hybridized carbons (Fsp3) is 0.318. The van der Waals surface area contributed by atoms with Crippen molar-refractivity contribution >= 4 is 28.4 Å². The van der Waals surface area contributed by atoms with E-state index in [2.05, 4.69) is 6.92 Å². The Labute approximate surface area is 163 Å². The number of aromatic nitrogens is 2. The van der Waals surface area contributed by atoms with Gasteiger partial charge in [0.15, 0.2) is 10.9 Å². The van der Waals surface area contributed by atoms with Crippen LogP contribution in [-0.2, 0) is 6.54 Å². The van der Waals surface area contributed by atoms with Crippen LogP contribution in [0.3, 0.4) is 0 Å². The van der Waals surface area contributed by atoms with Crippen LogP contribution in [0.2, 0.25) is 0 Å². The molecule has 0 N–H and O–H groups in total. The summed E-state index contributed by atoms with van der Waals surface area (Å²) in [6.45, 7) is 2.79. The minimum Gasteiger partial charge on any atom is -0.294 e. The molecule has 3 aromatic rings. The highest BCUT2D eigenvalue weighted by molar-refractivity contribution is 7.99. The zero-order valence-electron chi connectivity index (χ0n) is 15.6. The number of hydrogen-bond acceptors (Lipinski definition) is 4. The molecule has 0 amide bonds. The number of benzene rings is 2. The molecule has 2 aromatic carbocycles. The van der Waals surface area contributed by atoms with Crippen molar-refractivity contribution in [1.29, 1.82) is 0 Å². The number of thioether (sulfide) groups is 1. The SMILES string of the molecule is CCCCn1c(SCCCC(=O)c2ccccc2)nc2ccccc2c1=O. The van der Waals surface area contributed by atoms with Crippen molar-refractivity contribution in [3.8, 4) is 0 Å². The molecule has 0 aliphatic heterocycles. The number of rotatable bonds is 9. The Morgan fingerprint density at radius 2 is 1.78 bits per heavy atom. The number of carbonyl (C=O) groups is 1. The summed E-state index contributed by atoms with van der Waals surface area (Å²) in [7, 11) is 0. The Hall–Kier alpha value is -2.40. The Balaban J connectivity index is 1.70. The van der Waals surface area contributed by atoms with E-state index in [1.165, 1.54) is 0 Å². The minimum absolute atomic E-state index is 0.0249. The summed E-state index contributed by atoms with van der Waals surface area (Å²) < 4.78 is 1.79. The highest BCUT2D eigenvalue weighted by Gasteiger charge is 2.11. The Bertz CT molecular complexity index is 967. The summed E-state index contributed by atoms with van der Waals surface area (Å²) in [5.74, 6) is 0.918. The molecule has 5 heteroatoms. The standard InChI is InChI=1S/C22H24N2O2S/c1-2-3-15-24-21(26)18-12-7-8-13-19(18)23-22(24)27-16-9-14-20(25)17-10-5-4-6-11-17/h4-8,10-13H,2-3,9,14-16H2,1H3. The molecule has 0 bridgehead atoms. The van der Waals surface area contributed by atoms with E-state index in [1.807, 2.05) is 54.6 Å². The highest BCUT2D eigenvalue weighted by atomic mass is 32.2. The lowest BCUT2D eigenvalue weighted by Crippen LogP contribution is -2.23. The topological polar surface area (TPSA) is 52.0 Å². The predicted molar refractivity (Wildman–Crippen MR) is 112 cm³/mol. The lowest BCUT2D eigenvalue weighted by molar-refractivity contribution is 0.0982. The third-order valence-corrected chi connectivity index (χ3v) is 5.50. The predicted octanol–water partition coefficient (Wildman–Crippen LogP) is 4.95. The summed E-state index contributed by atoms with van der Waals surface area (Å²) >= 11 is 1.56. The Morgan fingerprint density at radius 1 is 1.04 bits per heavy atom. The van der Waals surface area contributed by atoms with Gasteiger partial charge in [-0.1, -0.05) is 67.6 Å². The van der Waals surface area contributed by atoms with Gasteiger partial charge >= 0.3 is 0 Å². The number of carbonyl (C=O) groups excluding carboxylic acids is 1. The molecule has 140 valence electrons. The molecule has 0 spiro atoms. The van der Waals surface area contributed by atoms with Gasteiger partial charge in [-0.25, -0.2) is 4.98 Å². The van der Waals surface area contributed by atoms with Crippen molar-refractivity contribution in [2.24, 2.45) is 0 Å². The normalized spacial score (nSPS) is 11.0. The van der Waals surface area contributed by atoms with Crippen LogP contribution in [0, 0.1) is 0 Å². The first-order chi connectivity index (χ1) is 13.2. The van der Waals surface area contributed by atoms with E-state index in [9.17, 15) is 9.59 Å². The third-order valence-electron chi connectivity index (χ3n) is 4.44. The molecule has 0 saturated carbocycles. The van der Waals surface area contributed by atoms with Gasteiger partial charge < -0.3 is 0 Å². The van der Waals surface area contributed by atoms with Gasteiger partial charge in [0.1, 0.15) is 0 Å². The van der Waals surface area contributed by atoms with E-state index in [1.54, 1.807) is 16.3 Å². The molecule has 0 aliphatic rings. The molecule has 0 unspecified atom stereocenters. The molecule has 0 saturated heterocycles. The van der Waals surface area contributed by atoms with Crippen LogP contribution < -0.4 is 5.56 Å². The van der Waals surface area contributed by atoms with Gasteiger partial charge in [0.05, 0.1) is 10.9 Å². The maximum absolute atomic E-state index is 12.8. The zero-order chi connectivity index (χ0) is 19.1. The van der Waals surface area contributed by atoms with E-state index in [4.69, 9.17) is 4.98 Å². The molecule has 1 aromatic heterocycles. The van der Waals surface area contributed by atoms with Gasteiger partial charge in [-0.05, 0) is 25.0 Å². The number of ketones is 1. The van der Waals surface area contributed by atoms with Crippen LogP contribution in [0.25, 0.3) is 10.9 Å². The average molecular weight is 381 g/mol. The van der Waals surface area contributed by atoms with E-state index in [0.717, 1.165) is 41.3 Å². The first-order valence-electron chi connectivity index (χ1n) is 9.41. The number of fused-ring (bicyclic) bond motifs is 1. The van der Waals surface area contributed by atoms with E-state index in [0.29, 0.717) is 18.4 Å². The second-order valence-electron chi connectivity index (χ2n) is 6.46.